The van der Waals surface area contributed by atoms with Crippen LogP contribution in [0.2, 0.25) is 0 Å². The number of likely N-dealkylation sites (tertiary alicyclic amines) is 1. The van der Waals surface area contributed by atoms with Crippen molar-refractivity contribution < 1.29 is 9.53 Å². The number of piperidine rings is 1. The van der Waals surface area contributed by atoms with Crippen molar-refractivity contribution in [3.63, 3.8) is 0 Å². The number of aromatic nitrogens is 2. The van der Waals surface area contributed by atoms with E-state index >= 15 is 0 Å². The summed E-state index contributed by atoms with van der Waals surface area (Å²) in [6, 6.07) is 10.9. The van der Waals surface area contributed by atoms with E-state index in [2.05, 4.69) is 52.1 Å². The number of anilines is 1. The molecule has 0 N–H and O–H groups in total. The second kappa shape index (κ2) is 7.87. The summed E-state index contributed by atoms with van der Waals surface area (Å²) in [5.74, 6) is -0.0311. The molecule has 1 unspecified atom stereocenters. The fourth-order valence-electron chi connectivity index (χ4n) is 4.42. The van der Waals surface area contributed by atoms with E-state index in [0.29, 0.717) is 24.8 Å². The molecule has 6 heteroatoms. The largest absolute Gasteiger partial charge is 0.373 e. The molecule has 0 radical (unpaired) electrons. The smallest absolute Gasteiger partial charge is 0.274 e. The third-order valence-electron chi connectivity index (χ3n) is 6.02. The molecule has 6 nitrogen and oxygen atoms in total. The number of likely N-dealkylation sites (N-methyl/N-ethyl adjacent to an activating group) is 1. The van der Waals surface area contributed by atoms with Crippen LogP contribution in [0.4, 0.5) is 5.69 Å². The first-order valence-electron chi connectivity index (χ1n) is 10.1. The van der Waals surface area contributed by atoms with E-state index < -0.39 is 0 Å². The molecule has 1 amide bonds. The number of carbonyl (C=O) groups is 1. The van der Waals surface area contributed by atoms with Crippen LogP contribution in [0.25, 0.3) is 0 Å². The Hall–Kier alpha value is -2.47. The van der Waals surface area contributed by atoms with E-state index in [0.717, 1.165) is 38.1 Å². The number of rotatable bonds is 4. The lowest BCUT2D eigenvalue weighted by atomic mass is 9.87. The highest BCUT2D eigenvalue weighted by molar-refractivity contribution is 5.92. The van der Waals surface area contributed by atoms with Crippen LogP contribution in [-0.4, -0.2) is 58.7 Å². The van der Waals surface area contributed by atoms with Gasteiger partial charge in [0, 0.05) is 31.5 Å². The lowest BCUT2D eigenvalue weighted by Gasteiger charge is -2.39. The van der Waals surface area contributed by atoms with Crippen LogP contribution in [0, 0.1) is 6.92 Å². The Balaban J connectivity index is 1.38. The van der Waals surface area contributed by atoms with E-state index in [9.17, 15) is 4.79 Å². The molecule has 2 fully saturated rings. The molecule has 2 aromatic rings. The Morgan fingerprint density at radius 2 is 1.96 bits per heavy atom. The predicted octanol–water partition coefficient (Wildman–Crippen LogP) is 3.08. The van der Waals surface area contributed by atoms with Crippen molar-refractivity contribution in [1.29, 1.82) is 0 Å². The molecule has 1 spiro atoms. The molecule has 0 aliphatic carbocycles. The molecule has 2 aliphatic rings. The van der Waals surface area contributed by atoms with Crippen LogP contribution in [-0.2, 0) is 4.74 Å². The molecule has 4 rings (SSSR count). The molecule has 1 aromatic carbocycles. The maximum atomic E-state index is 12.7. The van der Waals surface area contributed by atoms with Crippen LogP contribution in [0.5, 0.6) is 0 Å². The van der Waals surface area contributed by atoms with Gasteiger partial charge in [-0.2, -0.15) is 0 Å². The van der Waals surface area contributed by atoms with E-state index in [1.807, 2.05) is 11.8 Å². The minimum Gasteiger partial charge on any atom is -0.373 e. The third-order valence-corrected chi connectivity index (χ3v) is 6.02. The van der Waals surface area contributed by atoms with Crippen molar-refractivity contribution in [2.75, 3.05) is 31.1 Å². The average molecular weight is 380 g/mol. The summed E-state index contributed by atoms with van der Waals surface area (Å²) in [7, 11) is 0. The molecule has 1 atom stereocenters. The first-order valence-corrected chi connectivity index (χ1v) is 10.1. The molecule has 1 aromatic heterocycles. The number of aryl methyl sites for hydroxylation is 1. The third kappa shape index (κ3) is 3.74. The number of benzene rings is 1. The van der Waals surface area contributed by atoms with Gasteiger partial charge in [-0.05, 0) is 45.2 Å². The predicted molar refractivity (Wildman–Crippen MR) is 108 cm³/mol. The Bertz CT molecular complexity index is 801. The number of amides is 1. The van der Waals surface area contributed by atoms with Gasteiger partial charge >= 0.3 is 0 Å². The monoisotopic (exact) mass is 380 g/mol. The maximum Gasteiger partial charge on any atom is 0.274 e. The van der Waals surface area contributed by atoms with E-state index in [4.69, 9.17) is 4.74 Å². The van der Waals surface area contributed by atoms with Gasteiger partial charge in [0.1, 0.15) is 5.69 Å². The van der Waals surface area contributed by atoms with Gasteiger partial charge in [-0.1, -0.05) is 18.2 Å². The Morgan fingerprint density at radius 3 is 2.61 bits per heavy atom. The molecule has 28 heavy (non-hydrogen) atoms. The SMILES string of the molecule is CCN(c1ccccc1)C1COC2(CCN(C(=O)c3cnc(C)cn3)CC2)C1. The van der Waals surface area contributed by atoms with Crippen molar-refractivity contribution in [1.82, 2.24) is 14.9 Å². The van der Waals surface area contributed by atoms with E-state index in [-0.39, 0.29) is 11.5 Å². The topological polar surface area (TPSA) is 58.6 Å². The van der Waals surface area contributed by atoms with Gasteiger partial charge in [-0.3, -0.25) is 9.78 Å². The van der Waals surface area contributed by atoms with Gasteiger partial charge in [-0.15, -0.1) is 0 Å². The molecule has 0 saturated carbocycles. The number of ether oxygens (including phenoxy) is 1. The van der Waals surface area contributed by atoms with Gasteiger partial charge in [-0.25, -0.2) is 4.98 Å². The zero-order valence-electron chi connectivity index (χ0n) is 16.7. The number of nitrogens with zero attached hydrogens (tertiary/aromatic N) is 4. The second-order valence-corrected chi connectivity index (χ2v) is 7.81. The molecule has 0 bridgehead atoms. The summed E-state index contributed by atoms with van der Waals surface area (Å²) in [6.07, 6.45) is 5.99. The highest BCUT2D eigenvalue weighted by atomic mass is 16.5. The van der Waals surface area contributed by atoms with Gasteiger partial charge in [0.2, 0.25) is 0 Å². The summed E-state index contributed by atoms with van der Waals surface area (Å²) in [6.45, 7) is 7.19. The summed E-state index contributed by atoms with van der Waals surface area (Å²) < 4.78 is 6.34. The Kier molecular flexibility index (Phi) is 5.31. The maximum absolute atomic E-state index is 12.7. The molecule has 2 aliphatic heterocycles. The minimum atomic E-state index is -0.109. The first kappa shape index (κ1) is 18.9. The lowest BCUT2D eigenvalue weighted by molar-refractivity contribution is -0.0389. The second-order valence-electron chi connectivity index (χ2n) is 7.81. The standard InChI is InChI=1S/C22H28N4O2/c1-3-26(18-7-5-4-6-8-18)19-13-22(28-16-19)9-11-25(12-10-22)21(27)20-15-23-17(2)14-24-20/h4-8,14-15,19H,3,9-13,16H2,1-2H3. The first-order chi connectivity index (χ1) is 13.6. The average Bonchev–Trinajstić information content (AvgIpc) is 3.13. The van der Waals surface area contributed by atoms with Crippen molar-refractivity contribution in [2.24, 2.45) is 0 Å². The molecular formula is C22H28N4O2. The lowest BCUT2D eigenvalue weighted by Crippen LogP contribution is -2.47. The molecular weight excluding hydrogens is 352 g/mol. The summed E-state index contributed by atoms with van der Waals surface area (Å²) in [5, 5.41) is 0. The zero-order chi connectivity index (χ0) is 19.6. The van der Waals surface area contributed by atoms with Crippen LogP contribution < -0.4 is 4.90 Å². The van der Waals surface area contributed by atoms with Crippen molar-refractivity contribution >= 4 is 11.6 Å². The van der Waals surface area contributed by atoms with Gasteiger partial charge in [0.05, 0.1) is 30.1 Å². The quantitative estimate of drug-likeness (QED) is 0.816. The Labute approximate surface area is 166 Å². The van der Waals surface area contributed by atoms with E-state index in [1.54, 1.807) is 12.4 Å². The van der Waals surface area contributed by atoms with Crippen LogP contribution in [0.3, 0.4) is 0 Å². The van der Waals surface area contributed by atoms with Gasteiger partial charge in [0.15, 0.2) is 0 Å². The van der Waals surface area contributed by atoms with Crippen molar-refractivity contribution in [3.05, 3.63) is 54.1 Å². The van der Waals surface area contributed by atoms with Crippen molar-refractivity contribution in [2.45, 2.75) is 44.8 Å². The number of hydrogen-bond donors (Lipinski definition) is 0. The van der Waals surface area contributed by atoms with Crippen LogP contribution in [0.15, 0.2) is 42.7 Å². The molecule has 148 valence electrons. The summed E-state index contributed by atoms with van der Waals surface area (Å²) in [5.41, 5.74) is 2.38. The zero-order valence-corrected chi connectivity index (χ0v) is 16.7. The minimum absolute atomic E-state index is 0.0311. The summed E-state index contributed by atoms with van der Waals surface area (Å²) >= 11 is 0. The fraction of sp³-hybridized carbons (Fsp3) is 0.500. The van der Waals surface area contributed by atoms with Gasteiger partial charge in [0.25, 0.3) is 5.91 Å². The fourth-order valence-corrected chi connectivity index (χ4v) is 4.42. The summed E-state index contributed by atoms with van der Waals surface area (Å²) in [4.78, 5) is 25.4. The van der Waals surface area contributed by atoms with Crippen molar-refractivity contribution in [3.8, 4) is 0 Å². The van der Waals surface area contributed by atoms with Gasteiger partial charge < -0.3 is 14.5 Å². The highest BCUT2D eigenvalue weighted by Crippen LogP contribution is 2.39. The van der Waals surface area contributed by atoms with Crippen LogP contribution in [0.1, 0.15) is 42.4 Å². The number of para-hydroxylation sites is 1. The molecule has 3 heterocycles. The Morgan fingerprint density at radius 1 is 1.21 bits per heavy atom. The number of carbonyl (C=O) groups excluding carboxylic acids is 1. The van der Waals surface area contributed by atoms with Crippen LogP contribution >= 0.6 is 0 Å². The normalized spacial score (nSPS) is 21.1. The highest BCUT2D eigenvalue weighted by Gasteiger charge is 2.45. The molecule has 2 saturated heterocycles. The van der Waals surface area contributed by atoms with E-state index in [1.165, 1.54) is 5.69 Å². The number of hydrogen-bond acceptors (Lipinski definition) is 5.